The standard InChI is InChI=1S/C27H21ClN4O2/c1-18-11-12-21(28)14-24(18)31-27(34)19(15-29)13-20-16-32(25-10-6-5-9-23(20)25)17-26(33)30-22-7-3-2-4-8-22/h2-14,16H,17H2,1H3,(H,30,33)(H,31,34)/b19-13+. The number of nitrogens with one attached hydrogen (secondary N) is 2. The van der Waals surface area contributed by atoms with Crippen molar-refractivity contribution in [2.75, 3.05) is 10.6 Å². The zero-order valence-electron chi connectivity index (χ0n) is 18.4. The quantitative estimate of drug-likeness (QED) is 0.277. The van der Waals surface area contributed by atoms with E-state index in [1.54, 1.807) is 29.0 Å². The average molecular weight is 469 g/mol. The Labute approximate surface area is 202 Å². The molecule has 1 heterocycles. The maximum absolute atomic E-state index is 12.8. The van der Waals surface area contributed by atoms with Crippen molar-refractivity contribution in [2.24, 2.45) is 0 Å². The molecule has 4 aromatic rings. The molecular weight excluding hydrogens is 448 g/mol. The largest absolute Gasteiger partial charge is 0.337 e. The number of aryl methyl sites for hydroxylation is 1. The molecule has 0 unspecified atom stereocenters. The van der Waals surface area contributed by atoms with Crippen LogP contribution in [0.2, 0.25) is 5.02 Å². The third kappa shape index (κ3) is 5.17. The number of hydrogen-bond donors (Lipinski definition) is 2. The van der Waals surface area contributed by atoms with Gasteiger partial charge in [0, 0.05) is 39.1 Å². The van der Waals surface area contributed by atoms with Crippen LogP contribution in [-0.2, 0) is 16.1 Å². The number of fused-ring (bicyclic) bond motifs is 1. The topological polar surface area (TPSA) is 86.9 Å². The molecule has 7 heteroatoms. The first-order valence-corrected chi connectivity index (χ1v) is 10.9. The molecule has 0 saturated heterocycles. The predicted molar refractivity (Wildman–Crippen MR) is 135 cm³/mol. The Hall–Kier alpha value is -4.34. The fraction of sp³-hybridized carbons (Fsp3) is 0.0741. The van der Waals surface area contributed by atoms with Gasteiger partial charge in [-0.3, -0.25) is 9.59 Å². The molecule has 0 aliphatic carbocycles. The van der Waals surface area contributed by atoms with E-state index >= 15 is 0 Å². The third-order valence-corrected chi connectivity index (χ3v) is 5.54. The second-order valence-electron chi connectivity index (χ2n) is 7.73. The number of halogens is 1. The number of carbonyl (C=O) groups excluding carboxylic acids is 2. The minimum absolute atomic E-state index is 0.0592. The van der Waals surface area contributed by atoms with Gasteiger partial charge in [0.25, 0.3) is 5.91 Å². The summed E-state index contributed by atoms with van der Waals surface area (Å²) >= 11 is 6.04. The molecular formula is C27H21ClN4O2. The maximum Gasteiger partial charge on any atom is 0.266 e. The highest BCUT2D eigenvalue weighted by Gasteiger charge is 2.15. The molecule has 4 rings (SSSR count). The highest BCUT2D eigenvalue weighted by atomic mass is 35.5. The van der Waals surface area contributed by atoms with Gasteiger partial charge in [-0.2, -0.15) is 5.26 Å². The van der Waals surface area contributed by atoms with E-state index in [0.717, 1.165) is 16.5 Å². The summed E-state index contributed by atoms with van der Waals surface area (Å²) in [6.45, 7) is 1.93. The van der Waals surface area contributed by atoms with E-state index in [1.807, 2.05) is 67.6 Å². The van der Waals surface area contributed by atoms with E-state index in [0.29, 0.717) is 22.0 Å². The van der Waals surface area contributed by atoms with Crippen LogP contribution in [0.1, 0.15) is 11.1 Å². The molecule has 0 spiro atoms. The van der Waals surface area contributed by atoms with Crippen molar-refractivity contribution in [3.05, 3.63) is 101 Å². The zero-order chi connectivity index (χ0) is 24.1. The number of carbonyl (C=O) groups is 2. The second kappa shape index (κ2) is 10.1. The maximum atomic E-state index is 12.8. The van der Waals surface area contributed by atoms with E-state index in [4.69, 9.17) is 11.6 Å². The van der Waals surface area contributed by atoms with Crippen LogP contribution in [0.3, 0.4) is 0 Å². The van der Waals surface area contributed by atoms with Crippen molar-refractivity contribution in [2.45, 2.75) is 13.5 Å². The SMILES string of the molecule is Cc1ccc(Cl)cc1NC(=O)/C(C#N)=C/c1cn(CC(=O)Nc2ccccc2)c2ccccc12. The van der Waals surface area contributed by atoms with E-state index in [-0.39, 0.29) is 18.0 Å². The van der Waals surface area contributed by atoms with Crippen molar-refractivity contribution < 1.29 is 9.59 Å². The summed E-state index contributed by atoms with van der Waals surface area (Å²) < 4.78 is 1.80. The summed E-state index contributed by atoms with van der Waals surface area (Å²) in [5.74, 6) is -0.719. The molecule has 168 valence electrons. The van der Waals surface area contributed by atoms with Gasteiger partial charge in [0.1, 0.15) is 18.2 Å². The Morgan fingerprint density at radius 3 is 2.53 bits per heavy atom. The van der Waals surface area contributed by atoms with Crippen LogP contribution in [0.4, 0.5) is 11.4 Å². The van der Waals surface area contributed by atoms with Crippen LogP contribution >= 0.6 is 11.6 Å². The zero-order valence-corrected chi connectivity index (χ0v) is 19.1. The first-order valence-electron chi connectivity index (χ1n) is 10.6. The summed E-state index contributed by atoms with van der Waals surface area (Å²) in [7, 11) is 0. The van der Waals surface area contributed by atoms with Gasteiger partial charge in [0.05, 0.1) is 0 Å². The Morgan fingerprint density at radius 1 is 1.03 bits per heavy atom. The van der Waals surface area contributed by atoms with Crippen molar-refractivity contribution >= 4 is 51.8 Å². The lowest BCUT2D eigenvalue weighted by Crippen LogP contribution is -2.18. The molecule has 1 aromatic heterocycles. The lowest BCUT2D eigenvalue weighted by molar-refractivity contribution is -0.116. The molecule has 2 amide bonds. The van der Waals surface area contributed by atoms with Crippen molar-refractivity contribution in [1.29, 1.82) is 5.26 Å². The van der Waals surface area contributed by atoms with Crippen LogP contribution in [-0.4, -0.2) is 16.4 Å². The lowest BCUT2D eigenvalue weighted by atomic mass is 10.1. The molecule has 0 aliphatic heterocycles. The Morgan fingerprint density at radius 2 is 1.76 bits per heavy atom. The lowest BCUT2D eigenvalue weighted by Gasteiger charge is -2.08. The second-order valence-corrected chi connectivity index (χ2v) is 8.16. The number of nitriles is 1. The molecule has 0 bridgehead atoms. The molecule has 34 heavy (non-hydrogen) atoms. The van der Waals surface area contributed by atoms with Gasteiger partial charge in [-0.25, -0.2) is 0 Å². The highest BCUT2D eigenvalue weighted by molar-refractivity contribution is 6.31. The van der Waals surface area contributed by atoms with Gasteiger partial charge < -0.3 is 15.2 Å². The minimum atomic E-state index is -0.536. The number of rotatable bonds is 6. The number of nitrogens with zero attached hydrogens (tertiary/aromatic N) is 2. The van der Waals surface area contributed by atoms with Gasteiger partial charge >= 0.3 is 0 Å². The third-order valence-electron chi connectivity index (χ3n) is 5.30. The fourth-order valence-corrected chi connectivity index (χ4v) is 3.79. The summed E-state index contributed by atoms with van der Waals surface area (Å²) in [6, 6.07) is 23.9. The Balaban J connectivity index is 1.62. The summed E-state index contributed by atoms with van der Waals surface area (Å²) in [4.78, 5) is 25.4. The van der Waals surface area contributed by atoms with Crippen LogP contribution in [0.15, 0.2) is 84.6 Å². The Kier molecular flexibility index (Phi) is 6.77. The average Bonchev–Trinajstić information content (AvgIpc) is 3.17. The molecule has 0 radical (unpaired) electrons. The number of benzene rings is 3. The molecule has 3 aromatic carbocycles. The smallest absolute Gasteiger partial charge is 0.266 e. The molecule has 6 nitrogen and oxygen atoms in total. The van der Waals surface area contributed by atoms with E-state index < -0.39 is 5.91 Å². The van der Waals surface area contributed by atoms with Crippen molar-refractivity contribution in [1.82, 2.24) is 4.57 Å². The molecule has 0 saturated carbocycles. The van der Waals surface area contributed by atoms with Gasteiger partial charge in [0.15, 0.2) is 0 Å². The minimum Gasteiger partial charge on any atom is -0.337 e. The van der Waals surface area contributed by atoms with E-state index in [9.17, 15) is 14.9 Å². The first-order chi connectivity index (χ1) is 16.4. The van der Waals surface area contributed by atoms with Gasteiger partial charge in [-0.05, 0) is 48.9 Å². The fourth-order valence-electron chi connectivity index (χ4n) is 3.62. The van der Waals surface area contributed by atoms with E-state index in [1.165, 1.54) is 6.08 Å². The number of hydrogen-bond acceptors (Lipinski definition) is 3. The number of aromatic nitrogens is 1. The van der Waals surface area contributed by atoms with Gasteiger partial charge in [0.2, 0.25) is 5.91 Å². The summed E-state index contributed by atoms with van der Waals surface area (Å²) in [6.07, 6.45) is 3.30. The number of amides is 2. The first kappa shape index (κ1) is 22.8. The molecule has 0 atom stereocenters. The molecule has 0 fully saturated rings. The van der Waals surface area contributed by atoms with Crippen LogP contribution in [0.25, 0.3) is 17.0 Å². The van der Waals surface area contributed by atoms with Gasteiger partial charge in [-0.15, -0.1) is 0 Å². The molecule has 0 aliphatic rings. The van der Waals surface area contributed by atoms with Gasteiger partial charge in [-0.1, -0.05) is 54.1 Å². The van der Waals surface area contributed by atoms with Crippen LogP contribution in [0.5, 0.6) is 0 Å². The molecule has 2 N–H and O–H groups in total. The Bertz CT molecular complexity index is 1450. The van der Waals surface area contributed by atoms with Crippen molar-refractivity contribution in [3.8, 4) is 6.07 Å². The highest BCUT2D eigenvalue weighted by Crippen LogP contribution is 2.25. The predicted octanol–water partition coefficient (Wildman–Crippen LogP) is 5.79. The van der Waals surface area contributed by atoms with Crippen LogP contribution in [0, 0.1) is 18.3 Å². The monoisotopic (exact) mass is 468 g/mol. The van der Waals surface area contributed by atoms with Crippen molar-refractivity contribution in [3.63, 3.8) is 0 Å². The summed E-state index contributed by atoms with van der Waals surface area (Å²) in [5.41, 5.74) is 3.51. The van der Waals surface area contributed by atoms with E-state index in [2.05, 4.69) is 10.6 Å². The number of para-hydroxylation sites is 2. The normalized spacial score (nSPS) is 11.1. The number of anilines is 2. The summed E-state index contributed by atoms with van der Waals surface area (Å²) in [5, 5.41) is 16.6. The van der Waals surface area contributed by atoms with Crippen LogP contribution < -0.4 is 10.6 Å².